The molecule has 0 N–H and O–H groups in total. The van der Waals surface area contributed by atoms with Crippen LogP contribution >= 0.6 is 0 Å². The van der Waals surface area contributed by atoms with Crippen LogP contribution < -0.4 is 0 Å². The Bertz CT molecular complexity index is 240. The van der Waals surface area contributed by atoms with Crippen LogP contribution in [0.2, 0.25) is 0 Å². The maximum atomic E-state index is 12.3. The number of rotatable bonds is 4. The van der Waals surface area contributed by atoms with Crippen LogP contribution in [0.15, 0.2) is 0 Å². The number of piperazine rings is 1. The minimum Gasteiger partial charge on any atom is -0.301 e. The lowest BCUT2D eigenvalue weighted by molar-refractivity contribution is 0.0462. The zero-order valence-corrected chi connectivity index (χ0v) is 11.5. The second-order valence-corrected chi connectivity index (χ2v) is 6.01. The zero-order chi connectivity index (χ0) is 13.0. The van der Waals surface area contributed by atoms with E-state index >= 15 is 0 Å². The van der Waals surface area contributed by atoms with Crippen LogP contribution in [0.4, 0.5) is 8.78 Å². The summed E-state index contributed by atoms with van der Waals surface area (Å²) in [5.74, 6) is 1.68. The summed E-state index contributed by atoms with van der Waals surface area (Å²) < 4.78 is 24.6. The van der Waals surface area contributed by atoms with Crippen LogP contribution in [-0.2, 0) is 0 Å². The molecule has 4 heteroatoms. The largest absolute Gasteiger partial charge is 0.301 e. The lowest BCUT2D eigenvalue weighted by Crippen LogP contribution is -2.49. The number of halogens is 2. The fourth-order valence-electron chi connectivity index (χ4n) is 3.35. The SMILES string of the molecule is C[C@@H]1CCCC[C@@H]1CN1CCN(CC(F)F)CC1. The fourth-order valence-corrected chi connectivity index (χ4v) is 3.35. The molecule has 106 valence electrons. The normalized spacial score (nSPS) is 32.0. The standard InChI is InChI=1S/C14H26F2N2/c1-12-4-2-3-5-13(12)10-17-6-8-18(9-7-17)11-14(15)16/h12-14H,2-11H2,1H3/t12-,13-/m1/s1. The smallest absolute Gasteiger partial charge is 0.251 e. The Morgan fingerprint density at radius 1 is 1.00 bits per heavy atom. The van der Waals surface area contributed by atoms with Crippen molar-refractivity contribution in [3.63, 3.8) is 0 Å². The van der Waals surface area contributed by atoms with Gasteiger partial charge in [0.15, 0.2) is 0 Å². The molecule has 1 aliphatic heterocycles. The second kappa shape index (κ2) is 6.80. The molecule has 0 amide bonds. The topological polar surface area (TPSA) is 6.48 Å². The van der Waals surface area contributed by atoms with Crippen LogP contribution in [0.5, 0.6) is 0 Å². The van der Waals surface area contributed by atoms with Gasteiger partial charge in [0.2, 0.25) is 0 Å². The first kappa shape index (κ1) is 14.2. The molecular weight excluding hydrogens is 234 g/mol. The highest BCUT2D eigenvalue weighted by molar-refractivity contribution is 4.79. The first-order chi connectivity index (χ1) is 8.65. The third-order valence-corrected chi connectivity index (χ3v) is 4.64. The fraction of sp³-hybridized carbons (Fsp3) is 1.00. The molecule has 2 fully saturated rings. The molecule has 18 heavy (non-hydrogen) atoms. The van der Waals surface area contributed by atoms with E-state index in [0.29, 0.717) is 0 Å². The van der Waals surface area contributed by atoms with E-state index in [-0.39, 0.29) is 6.54 Å². The van der Waals surface area contributed by atoms with Crippen LogP contribution in [-0.4, -0.2) is 55.5 Å². The van der Waals surface area contributed by atoms with Gasteiger partial charge in [-0.15, -0.1) is 0 Å². The first-order valence-corrected chi connectivity index (χ1v) is 7.38. The summed E-state index contributed by atoms with van der Waals surface area (Å²) in [6.45, 7) is 7.07. The molecule has 0 unspecified atom stereocenters. The summed E-state index contributed by atoms with van der Waals surface area (Å²) in [7, 11) is 0. The van der Waals surface area contributed by atoms with Crippen molar-refractivity contribution in [3.05, 3.63) is 0 Å². The average Bonchev–Trinajstić information content (AvgIpc) is 2.34. The van der Waals surface area contributed by atoms with Crippen molar-refractivity contribution in [2.45, 2.75) is 39.0 Å². The summed E-state index contributed by atoms with van der Waals surface area (Å²) in [5.41, 5.74) is 0. The second-order valence-electron chi connectivity index (χ2n) is 6.01. The van der Waals surface area contributed by atoms with Crippen LogP contribution in [0, 0.1) is 11.8 Å². The van der Waals surface area contributed by atoms with E-state index < -0.39 is 6.43 Å². The predicted molar refractivity (Wildman–Crippen MR) is 70.0 cm³/mol. The number of nitrogens with zero attached hydrogens (tertiary/aromatic N) is 2. The van der Waals surface area contributed by atoms with Gasteiger partial charge in [-0.3, -0.25) is 4.90 Å². The maximum absolute atomic E-state index is 12.3. The van der Waals surface area contributed by atoms with Gasteiger partial charge in [-0.1, -0.05) is 26.2 Å². The molecular formula is C14H26F2N2. The third kappa shape index (κ3) is 4.16. The summed E-state index contributed by atoms with van der Waals surface area (Å²) in [6, 6.07) is 0. The Morgan fingerprint density at radius 2 is 1.61 bits per heavy atom. The van der Waals surface area contributed by atoms with Gasteiger partial charge in [0.05, 0.1) is 6.54 Å². The third-order valence-electron chi connectivity index (χ3n) is 4.64. The van der Waals surface area contributed by atoms with Crippen LogP contribution in [0.1, 0.15) is 32.6 Å². The van der Waals surface area contributed by atoms with Crippen LogP contribution in [0.3, 0.4) is 0 Å². The Morgan fingerprint density at radius 3 is 2.22 bits per heavy atom. The van der Waals surface area contributed by atoms with E-state index in [1.54, 1.807) is 0 Å². The van der Waals surface area contributed by atoms with Gasteiger partial charge in [0.25, 0.3) is 6.43 Å². The molecule has 1 saturated heterocycles. The van der Waals surface area contributed by atoms with Gasteiger partial charge in [-0.05, 0) is 18.3 Å². The summed E-state index contributed by atoms with van der Waals surface area (Å²) >= 11 is 0. The van der Waals surface area contributed by atoms with E-state index in [9.17, 15) is 8.78 Å². The summed E-state index contributed by atoms with van der Waals surface area (Å²) in [6.07, 6.45) is 3.31. The minimum atomic E-state index is -2.19. The van der Waals surface area contributed by atoms with E-state index in [1.807, 2.05) is 4.90 Å². The Balaban J connectivity index is 1.69. The lowest BCUT2D eigenvalue weighted by atomic mass is 9.80. The van der Waals surface area contributed by atoms with E-state index in [0.717, 1.165) is 38.0 Å². The quantitative estimate of drug-likeness (QED) is 0.767. The number of hydrogen-bond donors (Lipinski definition) is 0. The van der Waals surface area contributed by atoms with Crippen LogP contribution in [0.25, 0.3) is 0 Å². The van der Waals surface area contributed by atoms with Crippen molar-refractivity contribution in [1.29, 1.82) is 0 Å². The van der Waals surface area contributed by atoms with Crippen molar-refractivity contribution in [3.8, 4) is 0 Å². The van der Waals surface area contributed by atoms with Gasteiger partial charge >= 0.3 is 0 Å². The number of alkyl halides is 2. The molecule has 2 rings (SSSR count). The average molecular weight is 260 g/mol. The van der Waals surface area contributed by atoms with Gasteiger partial charge in [0.1, 0.15) is 0 Å². The molecule has 2 nitrogen and oxygen atoms in total. The molecule has 0 spiro atoms. The minimum absolute atomic E-state index is 0.0479. The summed E-state index contributed by atoms with van der Waals surface area (Å²) in [5, 5.41) is 0. The Hall–Kier alpha value is -0.220. The van der Waals surface area contributed by atoms with E-state index in [1.165, 1.54) is 32.2 Å². The molecule has 0 bridgehead atoms. The zero-order valence-electron chi connectivity index (χ0n) is 11.5. The van der Waals surface area contributed by atoms with E-state index in [4.69, 9.17) is 0 Å². The molecule has 1 heterocycles. The van der Waals surface area contributed by atoms with Gasteiger partial charge in [-0.2, -0.15) is 0 Å². The first-order valence-electron chi connectivity index (χ1n) is 7.38. The Labute approximate surface area is 109 Å². The van der Waals surface area contributed by atoms with E-state index in [2.05, 4.69) is 11.8 Å². The molecule has 1 saturated carbocycles. The van der Waals surface area contributed by atoms with Crippen molar-refractivity contribution in [2.24, 2.45) is 11.8 Å². The monoisotopic (exact) mass is 260 g/mol. The highest BCUT2D eigenvalue weighted by Crippen LogP contribution is 2.30. The highest BCUT2D eigenvalue weighted by atomic mass is 19.3. The lowest BCUT2D eigenvalue weighted by Gasteiger charge is -2.38. The van der Waals surface area contributed by atoms with Crippen molar-refractivity contribution in [2.75, 3.05) is 39.3 Å². The molecule has 0 aromatic rings. The van der Waals surface area contributed by atoms with Crippen molar-refractivity contribution in [1.82, 2.24) is 9.80 Å². The molecule has 2 aliphatic rings. The molecule has 0 aromatic heterocycles. The molecule has 2 atom stereocenters. The predicted octanol–water partition coefficient (Wildman–Crippen LogP) is 2.70. The van der Waals surface area contributed by atoms with Crippen molar-refractivity contribution >= 4 is 0 Å². The van der Waals surface area contributed by atoms with Gasteiger partial charge in [0, 0.05) is 32.7 Å². The highest BCUT2D eigenvalue weighted by Gasteiger charge is 2.26. The van der Waals surface area contributed by atoms with Crippen molar-refractivity contribution < 1.29 is 8.78 Å². The summed E-state index contributed by atoms with van der Waals surface area (Å²) in [4.78, 5) is 4.37. The van der Waals surface area contributed by atoms with Gasteiger partial charge in [-0.25, -0.2) is 8.78 Å². The molecule has 0 aromatic carbocycles. The Kier molecular flexibility index (Phi) is 5.37. The van der Waals surface area contributed by atoms with Gasteiger partial charge < -0.3 is 4.90 Å². The number of hydrogen-bond acceptors (Lipinski definition) is 2. The molecule has 0 radical (unpaired) electrons. The maximum Gasteiger partial charge on any atom is 0.251 e. The molecule has 1 aliphatic carbocycles.